The molecule has 0 heterocycles. The molecule has 5 heteroatoms. The van der Waals surface area contributed by atoms with Gasteiger partial charge in [-0.05, 0) is 50.1 Å². The fourth-order valence-corrected chi connectivity index (χ4v) is 2.30. The number of anilines is 2. The topological polar surface area (TPSA) is 67.4 Å². The molecule has 0 saturated carbocycles. The molecule has 0 radical (unpaired) electrons. The number of rotatable bonds is 7. The first-order valence-corrected chi connectivity index (χ1v) is 8.42. The average molecular weight is 340 g/mol. The summed E-state index contributed by atoms with van der Waals surface area (Å²) in [5.41, 5.74) is 2.43. The van der Waals surface area contributed by atoms with Gasteiger partial charge < -0.3 is 15.4 Å². The van der Waals surface area contributed by atoms with Crippen LogP contribution in [-0.4, -0.2) is 17.9 Å². The number of hydrogen-bond donors (Lipinski definition) is 2. The molecular weight excluding hydrogens is 316 g/mol. The fraction of sp³-hybridized carbons (Fsp3) is 0.300. The van der Waals surface area contributed by atoms with Gasteiger partial charge >= 0.3 is 0 Å². The van der Waals surface area contributed by atoms with Crippen LogP contribution in [0.5, 0.6) is 5.75 Å². The predicted octanol–water partition coefficient (Wildman–Crippen LogP) is 4.00. The highest BCUT2D eigenvalue weighted by molar-refractivity contribution is 6.08. The Morgan fingerprint density at radius 2 is 1.60 bits per heavy atom. The molecule has 2 aromatic carbocycles. The third-order valence-electron chi connectivity index (χ3n) is 3.49. The minimum absolute atomic E-state index is 0.00700. The molecule has 0 aliphatic carbocycles. The second-order valence-electron chi connectivity index (χ2n) is 5.99. The van der Waals surface area contributed by atoms with E-state index in [1.54, 1.807) is 18.2 Å². The van der Waals surface area contributed by atoms with Gasteiger partial charge in [0.05, 0.1) is 11.8 Å². The van der Waals surface area contributed by atoms with Crippen LogP contribution < -0.4 is 15.4 Å². The first-order valence-electron chi connectivity index (χ1n) is 8.42. The standard InChI is InChI=1S/C20H24N2O3/c1-4-15-9-11-16(12-10-15)21-19(23)13-20(24)22-17-7-5-6-8-18(17)25-14(2)3/h5-12,14H,4,13H2,1-3H3,(H,21,23)(H,22,24). The Morgan fingerprint density at radius 3 is 2.24 bits per heavy atom. The van der Waals surface area contributed by atoms with Crippen LogP contribution in [-0.2, 0) is 16.0 Å². The number of carbonyl (C=O) groups is 2. The Balaban J connectivity index is 1.92. The van der Waals surface area contributed by atoms with Crippen molar-refractivity contribution in [3.8, 4) is 5.75 Å². The van der Waals surface area contributed by atoms with E-state index in [1.165, 1.54) is 5.56 Å². The summed E-state index contributed by atoms with van der Waals surface area (Å²) in [4.78, 5) is 24.2. The molecule has 0 unspecified atom stereocenters. The highest BCUT2D eigenvalue weighted by Crippen LogP contribution is 2.25. The molecule has 0 aliphatic rings. The lowest BCUT2D eigenvalue weighted by atomic mass is 10.1. The zero-order valence-corrected chi connectivity index (χ0v) is 14.8. The van der Waals surface area contributed by atoms with Gasteiger partial charge in [0, 0.05) is 5.69 Å². The van der Waals surface area contributed by atoms with Crippen molar-refractivity contribution in [3.05, 3.63) is 54.1 Å². The van der Waals surface area contributed by atoms with Crippen molar-refractivity contribution in [2.45, 2.75) is 39.7 Å². The normalized spacial score (nSPS) is 10.4. The molecular formula is C20H24N2O3. The van der Waals surface area contributed by atoms with Crippen LogP contribution in [0.15, 0.2) is 48.5 Å². The zero-order chi connectivity index (χ0) is 18.2. The Bertz CT molecular complexity index is 724. The summed E-state index contributed by atoms with van der Waals surface area (Å²) in [6.45, 7) is 5.89. The Kier molecular flexibility index (Phi) is 6.57. The Hall–Kier alpha value is -2.82. The molecule has 0 bridgehead atoms. The van der Waals surface area contributed by atoms with Crippen molar-refractivity contribution in [2.24, 2.45) is 0 Å². The highest BCUT2D eigenvalue weighted by atomic mass is 16.5. The van der Waals surface area contributed by atoms with Crippen LogP contribution >= 0.6 is 0 Å². The minimum atomic E-state index is -0.387. The van der Waals surface area contributed by atoms with Gasteiger partial charge in [0.1, 0.15) is 12.2 Å². The van der Waals surface area contributed by atoms with E-state index < -0.39 is 0 Å². The smallest absolute Gasteiger partial charge is 0.233 e. The molecule has 2 aromatic rings. The van der Waals surface area contributed by atoms with Crippen LogP contribution in [0, 0.1) is 0 Å². The monoisotopic (exact) mass is 340 g/mol. The zero-order valence-electron chi connectivity index (χ0n) is 14.8. The van der Waals surface area contributed by atoms with Gasteiger partial charge in [0.25, 0.3) is 0 Å². The molecule has 0 fully saturated rings. The molecule has 0 atom stereocenters. The van der Waals surface area contributed by atoms with Crippen molar-refractivity contribution < 1.29 is 14.3 Å². The van der Waals surface area contributed by atoms with Gasteiger partial charge in [0.2, 0.25) is 11.8 Å². The van der Waals surface area contributed by atoms with Gasteiger partial charge in [-0.2, -0.15) is 0 Å². The number of amides is 2. The van der Waals surface area contributed by atoms with E-state index in [2.05, 4.69) is 17.6 Å². The average Bonchev–Trinajstić information content (AvgIpc) is 2.56. The molecule has 25 heavy (non-hydrogen) atoms. The largest absolute Gasteiger partial charge is 0.489 e. The van der Waals surface area contributed by atoms with E-state index in [0.717, 1.165) is 6.42 Å². The first-order chi connectivity index (χ1) is 12.0. The van der Waals surface area contributed by atoms with Crippen molar-refractivity contribution in [1.82, 2.24) is 0 Å². The molecule has 132 valence electrons. The van der Waals surface area contributed by atoms with Crippen LogP contribution in [0.3, 0.4) is 0 Å². The second kappa shape index (κ2) is 8.87. The highest BCUT2D eigenvalue weighted by Gasteiger charge is 2.13. The molecule has 0 spiro atoms. The number of carbonyl (C=O) groups excluding carboxylic acids is 2. The fourth-order valence-electron chi connectivity index (χ4n) is 2.30. The molecule has 5 nitrogen and oxygen atoms in total. The summed E-state index contributed by atoms with van der Waals surface area (Å²) >= 11 is 0. The van der Waals surface area contributed by atoms with Gasteiger partial charge in [-0.15, -0.1) is 0 Å². The maximum Gasteiger partial charge on any atom is 0.233 e. The van der Waals surface area contributed by atoms with E-state index in [9.17, 15) is 9.59 Å². The maximum absolute atomic E-state index is 12.1. The number of ether oxygens (including phenoxy) is 1. The number of para-hydroxylation sites is 2. The van der Waals surface area contributed by atoms with E-state index in [4.69, 9.17) is 4.74 Å². The number of nitrogens with one attached hydrogen (secondary N) is 2. The summed E-state index contributed by atoms with van der Waals surface area (Å²) in [6.07, 6.45) is 0.674. The van der Waals surface area contributed by atoms with Crippen LogP contribution in [0.2, 0.25) is 0 Å². The van der Waals surface area contributed by atoms with Crippen molar-refractivity contribution in [1.29, 1.82) is 0 Å². The van der Waals surface area contributed by atoms with Crippen LogP contribution in [0.4, 0.5) is 11.4 Å². The van der Waals surface area contributed by atoms with Crippen molar-refractivity contribution in [2.75, 3.05) is 10.6 Å². The SMILES string of the molecule is CCc1ccc(NC(=O)CC(=O)Nc2ccccc2OC(C)C)cc1. The van der Waals surface area contributed by atoms with Gasteiger partial charge in [0.15, 0.2) is 0 Å². The summed E-state index contributed by atoms with van der Waals surface area (Å²) in [6, 6.07) is 14.7. The van der Waals surface area contributed by atoms with Gasteiger partial charge in [-0.3, -0.25) is 9.59 Å². The van der Waals surface area contributed by atoms with Gasteiger partial charge in [-0.25, -0.2) is 0 Å². The lowest BCUT2D eigenvalue weighted by Crippen LogP contribution is -2.22. The quantitative estimate of drug-likeness (QED) is 0.749. The molecule has 2 rings (SSSR count). The third kappa shape index (κ3) is 5.95. The Labute approximate surface area is 148 Å². The molecule has 2 N–H and O–H groups in total. The number of hydrogen-bond acceptors (Lipinski definition) is 3. The molecule has 0 aromatic heterocycles. The summed E-state index contributed by atoms with van der Waals surface area (Å²) < 4.78 is 5.65. The Morgan fingerprint density at radius 1 is 0.960 bits per heavy atom. The first kappa shape index (κ1) is 18.5. The van der Waals surface area contributed by atoms with Crippen molar-refractivity contribution >= 4 is 23.2 Å². The van der Waals surface area contributed by atoms with Crippen molar-refractivity contribution in [3.63, 3.8) is 0 Å². The maximum atomic E-state index is 12.1. The van der Waals surface area contributed by atoms with Crippen LogP contribution in [0.25, 0.3) is 0 Å². The van der Waals surface area contributed by atoms with E-state index in [-0.39, 0.29) is 24.3 Å². The van der Waals surface area contributed by atoms with Gasteiger partial charge in [-0.1, -0.05) is 31.2 Å². The number of aryl methyl sites for hydroxylation is 1. The number of benzene rings is 2. The minimum Gasteiger partial charge on any atom is -0.489 e. The lowest BCUT2D eigenvalue weighted by molar-refractivity contribution is -0.123. The summed E-state index contributed by atoms with van der Waals surface area (Å²) in [7, 11) is 0. The third-order valence-corrected chi connectivity index (χ3v) is 3.49. The van der Waals surface area contributed by atoms with E-state index in [0.29, 0.717) is 17.1 Å². The molecule has 2 amide bonds. The molecule has 0 aliphatic heterocycles. The summed E-state index contributed by atoms with van der Waals surface area (Å²) in [5, 5.41) is 5.45. The summed E-state index contributed by atoms with van der Waals surface area (Å²) in [5.74, 6) is -0.159. The second-order valence-corrected chi connectivity index (χ2v) is 5.99. The molecule has 0 saturated heterocycles. The lowest BCUT2D eigenvalue weighted by Gasteiger charge is -2.14. The predicted molar refractivity (Wildman–Crippen MR) is 99.9 cm³/mol. The van der Waals surface area contributed by atoms with E-state index >= 15 is 0 Å². The van der Waals surface area contributed by atoms with E-state index in [1.807, 2.05) is 44.2 Å². The van der Waals surface area contributed by atoms with Crippen LogP contribution in [0.1, 0.15) is 32.8 Å².